The lowest BCUT2D eigenvalue weighted by atomic mass is 9.95. The van der Waals surface area contributed by atoms with Gasteiger partial charge in [0.1, 0.15) is 0 Å². The molecule has 1 heterocycles. The number of carbonyl (C=O) groups is 1. The van der Waals surface area contributed by atoms with E-state index in [9.17, 15) is 4.79 Å². The van der Waals surface area contributed by atoms with Gasteiger partial charge in [-0.05, 0) is 44.6 Å². The van der Waals surface area contributed by atoms with E-state index in [1.807, 2.05) is 6.92 Å². The van der Waals surface area contributed by atoms with Crippen molar-refractivity contribution in [2.75, 3.05) is 26.2 Å². The zero-order chi connectivity index (χ0) is 13.0. The summed E-state index contributed by atoms with van der Waals surface area (Å²) < 4.78 is 5.10. The SMILES string of the molecule is CCOC(=O)C1CCCN(CC2(CC#N)CC2)C1. The highest BCUT2D eigenvalue weighted by Gasteiger charge is 2.44. The second-order valence-corrected chi connectivity index (χ2v) is 5.66. The highest BCUT2D eigenvalue weighted by Crippen LogP contribution is 2.49. The summed E-state index contributed by atoms with van der Waals surface area (Å²) in [5.74, 6) is -0.0103. The normalized spacial score (nSPS) is 26.3. The third kappa shape index (κ3) is 3.23. The molecular formula is C14H22N2O2. The predicted octanol–water partition coefficient (Wildman–Crippen LogP) is 1.96. The third-order valence-corrected chi connectivity index (χ3v) is 4.10. The Bertz CT molecular complexity index is 344. The van der Waals surface area contributed by atoms with Crippen molar-refractivity contribution in [3.63, 3.8) is 0 Å². The van der Waals surface area contributed by atoms with Crippen molar-refractivity contribution in [1.82, 2.24) is 4.90 Å². The fraction of sp³-hybridized carbons (Fsp3) is 0.857. The fourth-order valence-electron chi connectivity index (χ4n) is 2.86. The van der Waals surface area contributed by atoms with Crippen LogP contribution in [0.1, 0.15) is 39.0 Å². The van der Waals surface area contributed by atoms with Crippen LogP contribution in [0.4, 0.5) is 0 Å². The maximum atomic E-state index is 11.7. The molecular weight excluding hydrogens is 228 g/mol. The van der Waals surface area contributed by atoms with E-state index in [4.69, 9.17) is 10.00 Å². The van der Waals surface area contributed by atoms with E-state index in [0.29, 0.717) is 13.0 Å². The van der Waals surface area contributed by atoms with E-state index < -0.39 is 0 Å². The van der Waals surface area contributed by atoms with Gasteiger partial charge in [0.2, 0.25) is 0 Å². The number of rotatable bonds is 5. The van der Waals surface area contributed by atoms with Gasteiger partial charge >= 0.3 is 5.97 Å². The molecule has 4 heteroatoms. The summed E-state index contributed by atoms with van der Waals surface area (Å²) in [5.41, 5.74) is 0.241. The van der Waals surface area contributed by atoms with Crippen LogP contribution in [-0.2, 0) is 9.53 Å². The number of ether oxygens (including phenoxy) is 1. The molecule has 1 atom stereocenters. The van der Waals surface area contributed by atoms with Crippen molar-refractivity contribution in [3.8, 4) is 6.07 Å². The fourth-order valence-corrected chi connectivity index (χ4v) is 2.86. The molecule has 0 radical (unpaired) electrons. The van der Waals surface area contributed by atoms with Crippen LogP contribution in [-0.4, -0.2) is 37.1 Å². The van der Waals surface area contributed by atoms with Crippen LogP contribution >= 0.6 is 0 Å². The molecule has 1 saturated carbocycles. The van der Waals surface area contributed by atoms with Gasteiger partial charge in [-0.15, -0.1) is 0 Å². The molecule has 0 bridgehead atoms. The van der Waals surface area contributed by atoms with Crippen molar-refractivity contribution in [2.45, 2.75) is 39.0 Å². The standard InChI is InChI=1S/C14H22N2O2/c1-2-18-13(17)12-4-3-9-16(10-12)11-14(5-6-14)7-8-15/h12H,2-7,9-11H2,1H3. The molecule has 0 aromatic rings. The Hall–Kier alpha value is -1.08. The number of esters is 1. The van der Waals surface area contributed by atoms with Crippen LogP contribution in [0.5, 0.6) is 0 Å². The van der Waals surface area contributed by atoms with Gasteiger partial charge in [0.25, 0.3) is 0 Å². The van der Waals surface area contributed by atoms with Gasteiger partial charge in [0, 0.05) is 19.5 Å². The molecule has 100 valence electrons. The van der Waals surface area contributed by atoms with Crippen LogP contribution in [0.3, 0.4) is 0 Å². The molecule has 2 rings (SSSR count). The number of nitriles is 1. The van der Waals surface area contributed by atoms with Crippen LogP contribution in [0.15, 0.2) is 0 Å². The second kappa shape index (κ2) is 5.71. The van der Waals surface area contributed by atoms with Crippen molar-refractivity contribution in [3.05, 3.63) is 0 Å². The second-order valence-electron chi connectivity index (χ2n) is 5.66. The third-order valence-electron chi connectivity index (χ3n) is 4.10. The minimum absolute atomic E-state index is 0.0385. The molecule has 0 aromatic carbocycles. The molecule has 4 nitrogen and oxygen atoms in total. The molecule has 1 aliphatic carbocycles. The van der Waals surface area contributed by atoms with Crippen molar-refractivity contribution in [2.24, 2.45) is 11.3 Å². The summed E-state index contributed by atoms with van der Waals surface area (Å²) in [7, 11) is 0. The van der Waals surface area contributed by atoms with E-state index in [1.54, 1.807) is 0 Å². The average molecular weight is 250 g/mol. The van der Waals surface area contributed by atoms with Gasteiger partial charge in [-0.2, -0.15) is 5.26 Å². The molecule has 2 fully saturated rings. The molecule has 2 aliphatic rings. The summed E-state index contributed by atoms with van der Waals surface area (Å²) in [5, 5.41) is 8.84. The quantitative estimate of drug-likeness (QED) is 0.700. The highest BCUT2D eigenvalue weighted by molar-refractivity contribution is 5.72. The van der Waals surface area contributed by atoms with Crippen molar-refractivity contribution in [1.29, 1.82) is 5.26 Å². The van der Waals surface area contributed by atoms with E-state index in [0.717, 1.165) is 32.5 Å². The summed E-state index contributed by atoms with van der Waals surface area (Å²) in [6.07, 6.45) is 5.00. The predicted molar refractivity (Wildman–Crippen MR) is 67.7 cm³/mol. The van der Waals surface area contributed by atoms with Crippen LogP contribution in [0.25, 0.3) is 0 Å². The Morgan fingerprint density at radius 2 is 2.33 bits per heavy atom. The van der Waals surface area contributed by atoms with Crippen molar-refractivity contribution < 1.29 is 9.53 Å². The first kappa shape index (κ1) is 13.4. The monoisotopic (exact) mass is 250 g/mol. The van der Waals surface area contributed by atoms with E-state index in [2.05, 4.69) is 11.0 Å². The molecule has 1 aliphatic heterocycles. The molecule has 0 amide bonds. The number of piperidine rings is 1. The summed E-state index contributed by atoms with van der Waals surface area (Å²) in [6.45, 7) is 5.17. The maximum absolute atomic E-state index is 11.7. The molecule has 0 spiro atoms. The first-order valence-electron chi connectivity index (χ1n) is 6.95. The summed E-state index contributed by atoms with van der Waals surface area (Å²) >= 11 is 0. The lowest BCUT2D eigenvalue weighted by Gasteiger charge is -2.33. The molecule has 0 N–H and O–H groups in total. The summed E-state index contributed by atoms with van der Waals surface area (Å²) in [6, 6.07) is 2.30. The number of nitrogens with zero attached hydrogens (tertiary/aromatic N) is 2. The molecule has 1 unspecified atom stereocenters. The highest BCUT2D eigenvalue weighted by atomic mass is 16.5. The first-order chi connectivity index (χ1) is 8.69. The average Bonchev–Trinajstić information content (AvgIpc) is 3.10. The minimum Gasteiger partial charge on any atom is -0.466 e. The van der Waals surface area contributed by atoms with Crippen LogP contribution in [0, 0.1) is 22.7 Å². The number of carbonyl (C=O) groups excluding carboxylic acids is 1. The number of likely N-dealkylation sites (tertiary alicyclic amines) is 1. The Kier molecular flexibility index (Phi) is 4.23. The van der Waals surface area contributed by atoms with Crippen molar-refractivity contribution >= 4 is 5.97 Å². The van der Waals surface area contributed by atoms with Gasteiger partial charge in [-0.1, -0.05) is 0 Å². The Balaban J connectivity index is 1.84. The zero-order valence-corrected chi connectivity index (χ0v) is 11.2. The van der Waals surface area contributed by atoms with E-state index in [1.165, 1.54) is 12.8 Å². The largest absolute Gasteiger partial charge is 0.466 e. The van der Waals surface area contributed by atoms with E-state index in [-0.39, 0.29) is 17.3 Å². The lowest BCUT2D eigenvalue weighted by molar-refractivity contribution is -0.150. The van der Waals surface area contributed by atoms with Gasteiger partial charge < -0.3 is 9.64 Å². The smallest absolute Gasteiger partial charge is 0.310 e. The molecule has 18 heavy (non-hydrogen) atoms. The topological polar surface area (TPSA) is 53.3 Å². The Morgan fingerprint density at radius 1 is 1.56 bits per heavy atom. The Labute approximate surface area is 109 Å². The minimum atomic E-state index is -0.0488. The summed E-state index contributed by atoms with van der Waals surface area (Å²) in [4.78, 5) is 14.1. The number of hydrogen-bond acceptors (Lipinski definition) is 4. The molecule has 1 saturated heterocycles. The Morgan fingerprint density at radius 3 is 2.94 bits per heavy atom. The van der Waals surface area contributed by atoms with Crippen LogP contribution < -0.4 is 0 Å². The van der Waals surface area contributed by atoms with Gasteiger partial charge in [-0.25, -0.2) is 0 Å². The maximum Gasteiger partial charge on any atom is 0.310 e. The zero-order valence-electron chi connectivity index (χ0n) is 11.2. The van der Waals surface area contributed by atoms with E-state index >= 15 is 0 Å². The molecule has 0 aromatic heterocycles. The lowest BCUT2D eigenvalue weighted by Crippen LogP contribution is -2.42. The first-order valence-corrected chi connectivity index (χ1v) is 6.95. The van der Waals surface area contributed by atoms with Gasteiger partial charge in [-0.3, -0.25) is 4.79 Å². The van der Waals surface area contributed by atoms with Gasteiger partial charge in [0.05, 0.1) is 18.6 Å². The van der Waals surface area contributed by atoms with Gasteiger partial charge in [0.15, 0.2) is 0 Å². The van der Waals surface area contributed by atoms with Crippen LogP contribution in [0.2, 0.25) is 0 Å². The number of hydrogen-bond donors (Lipinski definition) is 0.